The van der Waals surface area contributed by atoms with Crippen LogP contribution in [0.25, 0.3) is 0 Å². The Balaban J connectivity index is 1.77. The van der Waals surface area contributed by atoms with Gasteiger partial charge in [-0.1, -0.05) is 12.1 Å². The van der Waals surface area contributed by atoms with E-state index in [0.717, 1.165) is 17.0 Å². The molecular formula is C14H16N2OS2. The molecule has 0 aliphatic carbocycles. The Morgan fingerprint density at radius 3 is 2.95 bits per heavy atom. The molecular weight excluding hydrogens is 276 g/mol. The zero-order chi connectivity index (χ0) is 13.5. The number of carbonyl (C=O) groups excluding carboxylic acids is 1. The van der Waals surface area contributed by atoms with E-state index in [1.807, 2.05) is 42.0 Å². The zero-order valence-corrected chi connectivity index (χ0v) is 12.3. The predicted molar refractivity (Wildman–Crippen MR) is 83.3 cm³/mol. The van der Waals surface area contributed by atoms with Crippen molar-refractivity contribution in [2.45, 2.75) is 11.3 Å². The van der Waals surface area contributed by atoms with Crippen molar-refractivity contribution in [1.82, 2.24) is 5.32 Å². The maximum atomic E-state index is 11.7. The summed E-state index contributed by atoms with van der Waals surface area (Å²) in [6.45, 7) is 0.647. The number of thiophene rings is 1. The Bertz CT molecular complexity index is 526. The number of urea groups is 1. The Kier molecular flexibility index (Phi) is 5.30. The molecule has 1 aromatic carbocycles. The Morgan fingerprint density at radius 1 is 1.32 bits per heavy atom. The van der Waals surface area contributed by atoms with Gasteiger partial charge in [-0.25, -0.2) is 4.79 Å². The molecule has 2 amide bonds. The van der Waals surface area contributed by atoms with Gasteiger partial charge in [0.2, 0.25) is 0 Å². The lowest BCUT2D eigenvalue weighted by Gasteiger charge is -2.08. The minimum absolute atomic E-state index is 0.158. The second-order valence-electron chi connectivity index (χ2n) is 3.94. The number of nitrogens with one attached hydrogen (secondary N) is 2. The lowest BCUT2D eigenvalue weighted by Crippen LogP contribution is -2.30. The van der Waals surface area contributed by atoms with Gasteiger partial charge in [0.15, 0.2) is 0 Å². The van der Waals surface area contributed by atoms with E-state index >= 15 is 0 Å². The van der Waals surface area contributed by atoms with Crippen molar-refractivity contribution in [2.75, 3.05) is 18.1 Å². The molecule has 1 aromatic heterocycles. The van der Waals surface area contributed by atoms with Crippen LogP contribution < -0.4 is 10.6 Å². The van der Waals surface area contributed by atoms with Crippen molar-refractivity contribution >= 4 is 34.8 Å². The summed E-state index contributed by atoms with van der Waals surface area (Å²) in [7, 11) is 0. The van der Waals surface area contributed by atoms with Crippen LogP contribution in [0.5, 0.6) is 0 Å². The Labute approximate surface area is 121 Å². The van der Waals surface area contributed by atoms with Crippen LogP contribution in [0.1, 0.15) is 4.88 Å². The largest absolute Gasteiger partial charge is 0.338 e. The van der Waals surface area contributed by atoms with Gasteiger partial charge in [0.05, 0.1) is 0 Å². The number of thioether (sulfide) groups is 1. The molecule has 0 saturated carbocycles. The third-order valence-corrected chi connectivity index (χ3v) is 4.23. The van der Waals surface area contributed by atoms with E-state index in [-0.39, 0.29) is 6.03 Å². The molecule has 2 aromatic rings. The van der Waals surface area contributed by atoms with Gasteiger partial charge < -0.3 is 10.6 Å². The molecule has 0 aliphatic heterocycles. The van der Waals surface area contributed by atoms with Crippen molar-refractivity contribution in [3.63, 3.8) is 0 Å². The van der Waals surface area contributed by atoms with Crippen LogP contribution in [-0.2, 0) is 6.42 Å². The Morgan fingerprint density at radius 2 is 2.21 bits per heavy atom. The van der Waals surface area contributed by atoms with Gasteiger partial charge in [-0.3, -0.25) is 0 Å². The number of amides is 2. The third kappa shape index (κ3) is 4.61. The van der Waals surface area contributed by atoms with E-state index < -0.39 is 0 Å². The molecule has 2 N–H and O–H groups in total. The minimum Gasteiger partial charge on any atom is -0.338 e. The highest BCUT2D eigenvalue weighted by Gasteiger charge is 2.02. The van der Waals surface area contributed by atoms with E-state index in [4.69, 9.17) is 0 Å². The first-order valence-corrected chi connectivity index (χ1v) is 8.09. The molecule has 1 heterocycles. The summed E-state index contributed by atoms with van der Waals surface area (Å²) in [5, 5.41) is 7.74. The van der Waals surface area contributed by atoms with Gasteiger partial charge in [0.25, 0.3) is 0 Å². The summed E-state index contributed by atoms with van der Waals surface area (Å²) in [4.78, 5) is 14.1. The lowest BCUT2D eigenvalue weighted by atomic mass is 10.3. The van der Waals surface area contributed by atoms with E-state index in [0.29, 0.717) is 6.54 Å². The highest BCUT2D eigenvalue weighted by molar-refractivity contribution is 7.98. The molecule has 5 heteroatoms. The van der Waals surface area contributed by atoms with Crippen molar-refractivity contribution in [3.8, 4) is 0 Å². The van der Waals surface area contributed by atoms with Gasteiger partial charge in [-0.05, 0) is 42.3 Å². The SMILES string of the molecule is CSc1cccc(NC(=O)NCCc2cccs2)c1. The average Bonchev–Trinajstić information content (AvgIpc) is 2.92. The van der Waals surface area contributed by atoms with Crippen LogP contribution in [0.3, 0.4) is 0 Å². The van der Waals surface area contributed by atoms with E-state index in [9.17, 15) is 4.79 Å². The maximum Gasteiger partial charge on any atom is 0.319 e. The topological polar surface area (TPSA) is 41.1 Å². The maximum absolute atomic E-state index is 11.7. The van der Waals surface area contributed by atoms with Crippen molar-refractivity contribution in [3.05, 3.63) is 46.7 Å². The first-order valence-electron chi connectivity index (χ1n) is 5.99. The number of carbonyl (C=O) groups is 1. The molecule has 0 radical (unpaired) electrons. The number of rotatable bonds is 5. The van der Waals surface area contributed by atoms with Crippen LogP contribution in [0.15, 0.2) is 46.7 Å². The molecule has 0 unspecified atom stereocenters. The number of hydrogen-bond acceptors (Lipinski definition) is 3. The van der Waals surface area contributed by atoms with E-state index in [1.54, 1.807) is 23.1 Å². The summed E-state index contributed by atoms with van der Waals surface area (Å²) in [5.74, 6) is 0. The molecule has 2 rings (SSSR count). The molecule has 0 aliphatic rings. The number of benzene rings is 1. The summed E-state index contributed by atoms with van der Waals surface area (Å²) < 4.78 is 0. The first kappa shape index (κ1) is 14.0. The number of anilines is 1. The molecule has 0 fully saturated rings. The van der Waals surface area contributed by atoms with E-state index in [1.165, 1.54) is 4.88 Å². The lowest BCUT2D eigenvalue weighted by molar-refractivity contribution is 0.252. The predicted octanol–water partition coefficient (Wildman–Crippen LogP) is 3.83. The van der Waals surface area contributed by atoms with Gasteiger partial charge in [-0.2, -0.15) is 0 Å². The molecule has 0 atom stereocenters. The molecule has 100 valence electrons. The standard InChI is InChI=1S/C14H16N2OS2/c1-18-13-5-2-4-11(10-13)16-14(17)15-8-7-12-6-3-9-19-12/h2-6,9-10H,7-8H2,1H3,(H2,15,16,17). The Hall–Kier alpha value is -1.46. The summed E-state index contributed by atoms with van der Waals surface area (Å²) in [6, 6.07) is 11.7. The van der Waals surface area contributed by atoms with Crippen LogP contribution in [0.2, 0.25) is 0 Å². The first-order chi connectivity index (χ1) is 9.28. The van der Waals surface area contributed by atoms with Gasteiger partial charge in [0, 0.05) is 22.0 Å². The monoisotopic (exact) mass is 292 g/mol. The molecule has 3 nitrogen and oxygen atoms in total. The van der Waals surface area contributed by atoms with Crippen molar-refractivity contribution in [2.24, 2.45) is 0 Å². The quantitative estimate of drug-likeness (QED) is 0.822. The molecule has 0 saturated heterocycles. The summed E-state index contributed by atoms with van der Waals surface area (Å²) in [5.41, 5.74) is 0.820. The number of hydrogen-bond donors (Lipinski definition) is 2. The highest BCUT2D eigenvalue weighted by Crippen LogP contribution is 2.18. The fraction of sp³-hybridized carbons (Fsp3) is 0.214. The normalized spacial score (nSPS) is 10.2. The van der Waals surface area contributed by atoms with Gasteiger partial charge in [-0.15, -0.1) is 23.1 Å². The minimum atomic E-state index is -0.158. The summed E-state index contributed by atoms with van der Waals surface area (Å²) >= 11 is 3.36. The van der Waals surface area contributed by atoms with Crippen molar-refractivity contribution < 1.29 is 4.79 Å². The molecule has 19 heavy (non-hydrogen) atoms. The smallest absolute Gasteiger partial charge is 0.319 e. The molecule has 0 spiro atoms. The van der Waals surface area contributed by atoms with E-state index in [2.05, 4.69) is 16.7 Å². The van der Waals surface area contributed by atoms with Gasteiger partial charge >= 0.3 is 6.03 Å². The average molecular weight is 292 g/mol. The zero-order valence-electron chi connectivity index (χ0n) is 10.7. The van der Waals surface area contributed by atoms with Crippen LogP contribution in [0.4, 0.5) is 10.5 Å². The molecule has 0 bridgehead atoms. The fourth-order valence-corrected chi connectivity index (χ4v) is 2.80. The van der Waals surface area contributed by atoms with Crippen molar-refractivity contribution in [1.29, 1.82) is 0 Å². The second kappa shape index (κ2) is 7.21. The van der Waals surface area contributed by atoms with Crippen LogP contribution >= 0.6 is 23.1 Å². The summed E-state index contributed by atoms with van der Waals surface area (Å²) in [6.07, 6.45) is 2.89. The third-order valence-electron chi connectivity index (χ3n) is 2.56. The fourth-order valence-electron chi connectivity index (χ4n) is 1.63. The van der Waals surface area contributed by atoms with Crippen LogP contribution in [0, 0.1) is 0 Å². The highest BCUT2D eigenvalue weighted by atomic mass is 32.2. The second-order valence-corrected chi connectivity index (χ2v) is 5.85. The van der Waals surface area contributed by atoms with Gasteiger partial charge in [0.1, 0.15) is 0 Å². The van der Waals surface area contributed by atoms with Crippen LogP contribution in [-0.4, -0.2) is 18.8 Å².